The van der Waals surface area contributed by atoms with Crippen molar-refractivity contribution in [1.29, 1.82) is 0 Å². The van der Waals surface area contributed by atoms with Crippen molar-refractivity contribution in [3.05, 3.63) is 100 Å². The van der Waals surface area contributed by atoms with Gasteiger partial charge in [0.25, 0.3) is 5.56 Å². The molecular formula is C23H14F4N2O2. The highest BCUT2D eigenvalue weighted by molar-refractivity contribution is 6.02. The number of alkyl halides is 3. The summed E-state index contributed by atoms with van der Waals surface area (Å²) in [5.41, 5.74) is -2.14. The number of fused-ring (bicyclic) bond motifs is 1. The van der Waals surface area contributed by atoms with Crippen molar-refractivity contribution in [2.24, 2.45) is 4.99 Å². The van der Waals surface area contributed by atoms with Gasteiger partial charge in [-0.3, -0.25) is 9.79 Å². The first-order chi connectivity index (χ1) is 14.8. The first kappa shape index (κ1) is 20.3. The molecule has 0 radical (unpaired) electrons. The number of aliphatic imine (C=N–C) groups is 1. The molecule has 0 bridgehead atoms. The van der Waals surface area contributed by atoms with Gasteiger partial charge in [-0.05, 0) is 36.4 Å². The first-order valence-electron chi connectivity index (χ1n) is 9.10. The molecule has 1 N–H and O–H groups in total. The predicted octanol–water partition coefficient (Wildman–Crippen LogP) is 5.60. The van der Waals surface area contributed by atoms with Crippen molar-refractivity contribution in [1.82, 2.24) is 4.57 Å². The first-order valence-corrected chi connectivity index (χ1v) is 9.10. The van der Waals surface area contributed by atoms with Gasteiger partial charge in [0, 0.05) is 17.0 Å². The van der Waals surface area contributed by atoms with Crippen molar-refractivity contribution in [2.75, 3.05) is 0 Å². The number of nitrogens with zero attached hydrogens (tertiary/aromatic N) is 2. The molecule has 0 amide bonds. The molecule has 4 nitrogen and oxygen atoms in total. The van der Waals surface area contributed by atoms with Crippen LogP contribution in [-0.4, -0.2) is 15.9 Å². The molecule has 0 saturated heterocycles. The van der Waals surface area contributed by atoms with Gasteiger partial charge in [0.15, 0.2) is 0 Å². The third-order valence-electron chi connectivity index (χ3n) is 4.70. The summed E-state index contributed by atoms with van der Waals surface area (Å²) in [6.45, 7) is 0. The second kappa shape index (κ2) is 7.71. The van der Waals surface area contributed by atoms with E-state index in [1.807, 2.05) is 0 Å². The molecule has 4 aromatic rings. The average Bonchev–Trinajstić information content (AvgIpc) is 2.73. The van der Waals surface area contributed by atoms with Crippen LogP contribution in [-0.2, 0) is 6.18 Å². The topological polar surface area (TPSA) is 54.6 Å². The Morgan fingerprint density at radius 2 is 1.58 bits per heavy atom. The number of pyridine rings is 1. The number of hydrogen-bond acceptors (Lipinski definition) is 3. The second-order valence-corrected chi connectivity index (χ2v) is 6.68. The summed E-state index contributed by atoms with van der Waals surface area (Å²) in [5, 5.41) is 11.3. The second-order valence-electron chi connectivity index (χ2n) is 6.68. The molecule has 0 saturated carbocycles. The van der Waals surface area contributed by atoms with E-state index in [1.165, 1.54) is 42.6 Å². The molecule has 1 heterocycles. The highest BCUT2D eigenvalue weighted by Crippen LogP contribution is 2.35. The van der Waals surface area contributed by atoms with Crippen LogP contribution < -0.4 is 5.56 Å². The van der Waals surface area contributed by atoms with E-state index >= 15 is 0 Å². The minimum absolute atomic E-state index is 0.0245. The smallest absolute Gasteiger partial charge is 0.418 e. The van der Waals surface area contributed by atoms with Crippen LogP contribution in [0.2, 0.25) is 0 Å². The Balaban J connectivity index is 2.03. The van der Waals surface area contributed by atoms with Crippen molar-refractivity contribution in [3.8, 4) is 11.6 Å². The Labute approximate surface area is 173 Å². The minimum atomic E-state index is -4.75. The van der Waals surface area contributed by atoms with Gasteiger partial charge in [-0.15, -0.1) is 0 Å². The molecule has 31 heavy (non-hydrogen) atoms. The summed E-state index contributed by atoms with van der Waals surface area (Å²) >= 11 is 0. The fraction of sp³-hybridized carbons (Fsp3) is 0.0435. The van der Waals surface area contributed by atoms with Crippen LogP contribution in [0.1, 0.15) is 11.1 Å². The van der Waals surface area contributed by atoms with Crippen molar-refractivity contribution in [2.45, 2.75) is 6.18 Å². The van der Waals surface area contributed by atoms with Crippen molar-refractivity contribution < 1.29 is 22.7 Å². The van der Waals surface area contributed by atoms with Gasteiger partial charge in [0.2, 0.25) is 5.88 Å². The monoisotopic (exact) mass is 426 g/mol. The molecule has 0 aliphatic rings. The van der Waals surface area contributed by atoms with Crippen LogP contribution in [0.25, 0.3) is 16.5 Å². The van der Waals surface area contributed by atoms with E-state index in [-0.39, 0.29) is 16.6 Å². The zero-order chi connectivity index (χ0) is 22.2. The van der Waals surface area contributed by atoms with Gasteiger partial charge in [-0.2, -0.15) is 13.2 Å². The molecule has 0 unspecified atom stereocenters. The number of hydrogen-bond donors (Lipinski definition) is 1. The van der Waals surface area contributed by atoms with E-state index in [4.69, 9.17) is 0 Å². The number of aromatic nitrogens is 1. The van der Waals surface area contributed by atoms with E-state index < -0.39 is 34.7 Å². The van der Waals surface area contributed by atoms with Crippen LogP contribution in [0.4, 0.5) is 23.2 Å². The molecule has 0 fully saturated rings. The van der Waals surface area contributed by atoms with Gasteiger partial charge in [-0.1, -0.05) is 36.4 Å². The lowest BCUT2D eigenvalue weighted by molar-refractivity contribution is -0.137. The predicted molar refractivity (Wildman–Crippen MR) is 110 cm³/mol. The molecule has 156 valence electrons. The summed E-state index contributed by atoms with van der Waals surface area (Å²) in [5.74, 6) is -1.23. The number of para-hydroxylation sites is 1. The van der Waals surface area contributed by atoms with Crippen molar-refractivity contribution in [3.63, 3.8) is 0 Å². The van der Waals surface area contributed by atoms with Crippen LogP contribution in [0.3, 0.4) is 0 Å². The Morgan fingerprint density at radius 3 is 2.29 bits per heavy atom. The van der Waals surface area contributed by atoms with E-state index in [1.54, 1.807) is 18.2 Å². The summed E-state index contributed by atoms with van der Waals surface area (Å²) in [4.78, 5) is 17.2. The molecular weight excluding hydrogens is 412 g/mol. The Morgan fingerprint density at radius 1 is 0.903 bits per heavy atom. The van der Waals surface area contributed by atoms with E-state index in [0.717, 1.165) is 18.2 Å². The van der Waals surface area contributed by atoms with Crippen LogP contribution >= 0.6 is 0 Å². The van der Waals surface area contributed by atoms with Crippen molar-refractivity contribution >= 4 is 22.7 Å². The molecule has 0 aliphatic heterocycles. The lowest BCUT2D eigenvalue weighted by atomic mass is 10.1. The average molecular weight is 426 g/mol. The van der Waals surface area contributed by atoms with Gasteiger partial charge < -0.3 is 5.11 Å². The summed E-state index contributed by atoms with van der Waals surface area (Å²) in [6.07, 6.45) is -3.55. The number of halogens is 4. The Bertz CT molecular complexity index is 1370. The summed E-state index contributed by atoms with van der Waals surface area (Å²) < 4.78 is 54.7. The molecule has 1 aromatic heterocycles. The lowest BCUT2D eigenvalue weighted by Crippen LogP contribution is -2.23. The number of aromatic hydroxyl groups is 1. The Kier molecular flexibility index (Phi) is 5.06. The Hall–Kier alpha value is -3.94. The minimum Gasteiger partial charge on any atom is -0.494 e. The fourth-order valence-corrected chi connectivity index (χ4v) is 3.32. The molecule has 0 spiro atoms. The largest absolute Gasteiger partial charge is 0.494 e. The van der Waals surface area contributed by atoms with Crippen LogP contribution in [0, 0.1) is 5.82 Å². The zero-order valence-corrected chi connectivity index (χ0v) is 15.8. The third kappa shape index (κ3) is 3.79. The fourth-order valence-electron chi connectivity index (χ4n) is 3.32. The van der Waals surface area contributed by atoms with Gasteiger partial charge in [0.05, 0.1) is 22.5 Å². The molecule has 8 heteroatoms. The lowest BCUT2D eigenvalue weighted by Gasteiger charge is -2.18. The van der Waals surface area contributed by atoms with E-state index in [2.05, 4.69) is 4.99 Å². The third-order valence-corrected chi connectivity index (χ3v) is 4.70. The standard InChI is InChI=1S/C23H14F4N2O2/c24-14-6-5-7-15(12-14)28-13-18-16-8-1-2-9-17(16)21(30)29(22(18)31)20-11-4-3-10-19(20)23(25,26)27/h1-13,31H. The molecule has 0 atom stereocenters. The van der Waals surface area contributed by atoms with E-state index in [9.17, 15) is 27.5 Å². The SMILES string of the molecule is O=c1c2ccccc2c(C=Nc2cccc(F)c2)c(O)n1-c1ccccc1C(F)(F)F. The normalized spacial score (nSPS) is 12.0. The van der Waals surface area contributed by atoms with E-state index in [0.29, 0.717) is 9.95 Å². The maximum Gasteiger partial charge on any atom is 0.418 e. The number of benzene rings is 3. The van der Waals surface area contributed by atoms with Gasteiger partial charge in [0.1, 0.15) is 5.82 Å². The molecule has 4 rings (SSSR count). The molecule has 3 aromatic carbocycles. The highest BCUT2D eigenvalue weighted by atomic mass is 19.4. The van der Waals surface area contributed by atoms with Crippen LogP contribution in [0.5, 0.6) is 5.88 Å². The van der Waals surface area contributed by atoms with Crippen LogP contribution in [0.15, 0.2) is 82.6 Å². The summed E-state index contributed by atoms with van der Waals surface area (Å²) in [7, 11) is 0. The quantitative estimate of drug-likeness (QED) is 0.342. The molecule has 0 aliphatic carbocycles. The van der Waals surface area contributed by atoms with Gasteiger partial charge in [-0.25, -0.2) is 8.96 Å². The maximum absolute atomic E-state index is 13.6. The highest BCUT2D eigenvalue weighted by Gasteiger charge is 2.34. The number of rotatable bonds is 3. The van der Waals surface area contributed by atoms with Gasteiger partial charge >= 0.3 is 6.18 Å². The maximum atomic E-state index is 13.6. The zero-order valence-electron chi connectivity index (χ0n) is 15.8. The summed E-state index contributed by atoms with van der Waals surface area (Å²) in [6, 6.07) is 16.0.